The van der Waals surface area contributed by atoms with E-state index in [0.717, 1.165) is 0 Å². The number of carbonyl (C=O) groups is 2. The van der Waals surface area contributed by atoms with Crippen molar-refractivity contribution < 1.29 is 14.3 Å². The molecule has 1 heterocycles. The number of nitrogens with one attached hydrogen (secondary N) is 1. The van der Waals surface area contributed by atoms with E-state index in [2.05, 4.69) is 10.3 Å². The lowest BCUT2D eigenvalue weighted by Crippen LogP contribution is -2.36. The second-order valence-electron chi connectivity index (χ2n) is 4.50. The number of Topliss-reactive ketones (excluding diaryl/α,β-unsaturated/α-hetero) is 1. The Labute approximate surface area is 111 Å². The number of nitrogens with zero attached hydrogens (tertiary/aromatic N) is 1. The molecule has 0 amide bonds. The Morgan fingerprint density at radius 2 is 2.00 bits per heavy atom. The number of benzene rings is 1. The number of hydrogen-bond donors (Lipinski definition) is 1. The molecule has 1 aromatic carbocycles. The zero-order valence-electron chi connectivity index (χ0n) is 10.9. The van der Waals surface area contributed by atoms with E-state index in [0.29, 0.717) is 11.4 Å². The molecule has 0 saturated carbocycles. The molecule has 0 spiro atoms. The van der Waals surface area contributed by atoms with Crippen LogP contribution in [0.5, 0.6) is 0 Å². The Balaban J connectivity index is 1.93. The van der Waals surface area contributed by atoms with Gasteiger partial charge in [-0.2, -0.15) is 0 Å². The lowest BCUT2D eigenvalue weighted by Gasteiger charge is -2.13. The van der Waals surface area contributed by atoms with Crippen LogP contribution >= 0.6 is 0 Å². The summed E-state index contributed by atoms with van der Waals surface area (Å²) in [6.45, 7) is 3.52. The van der Waals surface area contributed by atoms with Crippen LogP contribution < -0.4 is 5.32 Å². The van der Waals surface area contributed by atoms with Crippen molar-refractivity contribution in [1.29, 1.82) is 0 Å². The van der Waals surface area contributed by atoms with Gasteiger partial charge in [0.05, 0.1) is 11.6 Å². The molecule has 0 fully saturated rings. The first kappa shape index (κ1) is 13.3. The summed E-state index contributed by atoms with van der Waals surface area (Å²) in [5.41, 5.74) is 0.511. The van der Waals surface area contributed by atoms with E-state index in [4.69, 9.17) is 4.74 Å². The first-order chi connectivity index (χ1) is 9.08. The molecule has 100 valence electrons. The minimum atomic E-state index is -0.376. The lowest BCUT2D eigenvalue weighted by molar-refractivity contribution is -0.111. The maximum absolute atomic E-state index is 11.8. The molecule has 0 aliphatic carbocycles. The molecule has 5 heteroatoms. The number of amidine groups is 1. The lowest BCUT2D eigenvalue weighted by atomic mass is 10.2. The van der Waals surface area contributed by atoms with Crippen LogP contribution in [0.1, 0.15) is 24.2 Å². The molecule has 5 nitrogen and oxygen atoms in total. The first-order valence-corrected chi connectivity index (χ1v) is 6.15. The summed E-state index contributed by atoms with van der Waals surface area (Å²) in [7, 11) is 0. The fourth-order valence-corrected chi connectivity index (χ4v) is 1.82. The molecule has 1 N–H and O–H groups in total. The fraction of sp³-hybridized carbons (Fsp3) is 0.357. The van der Waals surface area contributed by atoms with Crippen LogP contribution in [0.3, 0.4) is 0 Å². The molecule has 0 aromatic heterocycles. The third-order valence-electron chi connectivity index (χ3n) is 2.96. The van der Waals surface area contributed by atoms with E-state index in [1.54, 1.807) is 24.3 Å². The molecule has 1 aliphatic rings. The molecule has 19 heavy (non-hydrogen) atoms. The second-order valence-corrected chi connectivity index (χ2v) is 4.50. The monoisotopic (exact) mass is 260 g/mol. The molecule has 1 aromatic rings. The Hall–Kier alpha value is -2.17. The molecular weight excluding hydrogens is 244 g/mol. The van der Waals surface area contributed by atoms with Gasteiger partial charge in [0.2, 0.25) is 0 Å². The second kappa shape index (κ2) is 5.65. The predicted molar refractivity (Wildman–Crippen MR) is 71.2 cm³/mol. The number of aliphatic imine (C=N–C) groups is 1. The first-order valence-electron chi connectivity index (χ1n) is 6.15. The van der Waals surface area contributed by atoms with Gasteiger partial charge >= 0.3 is 5.97 Å². The van der Waals surface area contributed by atoms with Crippen LogP contribution in [0.25, 0.3) is 0 Å². The minimum Gasteiger partial charge on any atom is -0.460 e. The average molecular weight is 260 g/mol. The van der Waals surface area contributed by atoms with Gasteiger partial charge in [-0.3, -0.25) is 9.79 Å². The summed E-state index contributed by atoms with van der Waals surface area (Å²) in [6.07, 6.45) is 0. The maximum Gasteiger partial charge on any atom is 0.338 e. The van der Waals surface area contributed by atoms with Crippen LogP contribution in [0.2, 0.25) is 0 Å². The zero-order chi connectivity index (χ0) is 13.8. The number of ketones is 1. The Kier molecular flexibility index (Phi) is 3.94. The number of esters is 1. The Morgan fingerprint density at radius 3 is 2.58 bits per heavy atom. The summed E-state index contributed by atoms with van der Waals surface area (Å²) < 4.78 is 5.21. The summed E-state index contributed by atoms with van der Waals surface area (Å²) in [6, 6.07) is 8.56. The third kappa shape index (κ3) is 3.19. The van der Waals surface area contributed by atoms with E-state index < -0.39 is 0 Å². The van der Waals surface area contributed by atoms with E-state index in [-0.39, 0.29) is 30.4 Å². The smallest absolute Gasteiger partial charge is 0.338 e. The van der Waals surface area contributed by atoms with E-state index in [1.807, 2.05) is 13.0 Å². The summed E-state index contributed by atoms with van der Waals surface area (Å²) in [4.78, 5) is 27.2. The minimum absolute atomic E-state index is 0.0116. The molecule has 2 atom stereocenters. The molecule has 0 bridgehead atoms. The third-order valence-corrected chi connectivity index (χ3v) is 2.96. The van der Waals surface area contributed by atoms with E-state index in [1.165, 1.54) is 6.92 Å². The van der Waals surface area contributed by atoms with Gasteiger partial charge in [-0.05, 0) is 19.1 Å². The largest absolute Gasteiger partial charge is 0.460 e. The molecule has 2 rings (SSSR count). The molecule has 0 saturated heterocycles. The highest BCUT2D eigenvalue weighted by molar-refractivity contribution is 6.38. The summed E-state index contributed by atoms with van der Waals surface area (Å²) in [5, 5.41) is 2.98. The van der Waals surface area contributed by atoms with Crippen LogP contribution in [0, 0.1) is 0 Å². The number of carbonyl (C=O) groups excluding carboxylic acids is 2. The average Bonchev–Trinajstić information content (AvgIpc) is 2.79. The van der Waals surface area contributed by atoms with Gasteiger partial charge in [0.25, 0.3) is 0 Å². The van der Waals surface area contributed by atoms with Gasteiger partial charge in [-0.1, -0.05) is 18.2 Å². The highest BCUT2D eigenvalue weighted by Crippen LogP contribution is 2.09. The molecular formula is C14H16N2O3. The van der Waals surface area contributed by atoms with E-state index >= 15 is 0 Å². The Bertz CT molecular complexity index is 511. The topological polar surface area (TPSA) is 67.8 Å². The quantitative estimate of drug-likeness (QED) is 0.826. The number of rotatable bonds is 4. The zero-order valence-corrected chi connectivity index (χ0v) is 10.9. The number of hydrogen-bond acceptors (Lipinski definition) is 5. The molecule has 0 radical (unpaired) electrons. The van der Waals surface area contributed by atoms with Crippen molar-refractivity contribution in [1.82, 2.24) is 5.32 Å². The standard InChI is InChI=1S/C14H16N2O3/c1-9-12(16-13(15-9)10(2)17)8-19-14(18)11-6-4-3-5-7-11/h3-7,9,12H,8H2,1-2H3,(H,15,16). The van der Waals surface area contributed by atoms with Gasteiger partial charge in [0, 0.05) is 6.92 Å². The highest BCUT2D eigenvalue weighted by atomic mass is 16.5. The van der Waals surface area contributed by atoms with Crippen molar-refractivity contribution in [3.63, 3.8) is 0 Å². The van der Waals surface area contributed by atoms with Gasteiger partial charge in [0.15, 0.2) is 11.6 Å². The van der Waals surface area contributed by atoms with Gasteiger partial charge in [-0.25, -0.2) is 4.79 Å². The van der Waals surface area contributed by atoms with E-state index in [9.17, 15) is 9.59 Å². The van der Waals surface area contributed by atoms with Crippen LogP contribution in [0.15, 0.2) is 35.3 Å². The predicted octanol–water partition coefficient (Wildman–Crippen LogP) is 1.19. The normalized spacial score (nSPS) is 21.5. The van der Waals surface area contributed by atoms with Gasteiger partial charge < -0.3 is 10.1 Å². The van der Waals surface area contributed by atoms with Crippen molar-refractivity contribution in [3.8, 4) is 0 Å². The van der Waals surface area contributed by atoms with Crippen LogP contribution in [-0.2, 0) is 9.53 Å². The van der Waals surface area contributed by atoms with Crippen molar-refractivity contribution in [3.05, 3.63) is 35.9 Å². The van der Waals surface area contributed by atoms with Crippen molar-refractivity contribution in [2.45, 2.75) is 25.9 Å². The maximum atomic E-state index is 11.8. The van der Waals surface area contributed by atoms with Crippen molar-refractivity contribution in [2.75, 3.05) is 6.61 Å². The molecule has 2 unspecified atom stereocenters. The summed E-state index contributed by atoms with van der Waals surface area (Å²) >= 11 is 0. The number of ether oxygens (including phenoxy) is 1. The van der Waals surface area contributed by atoms with Crippen molar-refractivity contribution >= 4 is 17.6 Å². The van der Waals surface area contributed by atoms with Crippen LogP contribution in [0.4, 0.5) is 0 Å². The van der Waals surface area contributed by atoms with Gasteiger partial charge in [0.1, 0.15) is 12.6 Å². The molecule has 1 aliphatic heterocycles. The SMILES string of the molecule is CC(=O)C1=NC(COC(=O)c2ccccc2)C(C)N1. The highest BCUT2D eigenvalue weighted by Gasteiger charge is 2.27. The fourth-order valence-electron chi connectivity index (χ4n) is 1.82. The van der Waals surface area contributed by atoms with Crippen molar-refractivity contribution in [2.24, 2.45) is 4.99 Å². The van der Waals surface area contributed by atoms with Crippen LogP contribution in [-0.4, -0.2) is 36.3 Å². The summed E-state index contributed by atoms with van der Waals surface area (Å²) in [5.74, 6) is -0.128. The van der Waals surface area contributed by atoms with Gasteiger partial charge in [-0.15, -0.1) is 0 Å². The Morgan fingerprint density at radius 1 is 1.32 bits per heavy atom.